The van der Waals surface area contributed by atoms with Crippen molar-refractivity contribution in [2.24, 2.45) is 5.92 Å². The monoisotopic (exact) mass is 247 g/mol. The Balaban J connectivity index is 2.10. The van der Waals surface area contributed by atoms with Crippen molar-refractivity contribution in [3.63, 3.8) is 0 Å². The Morgan fingerprint density at radius 1 is 1.28 bits per heavy atom. The molecule has 0 amide bonds. The number of hydrogen-bond donors (Lipinski definition) is 1. The summed E-state index contributed by atoms with van der Waals surface area (Å²) in [6.45, 7) is 9.56. The first-order chi connectivity index (χ1) is 8.56. The van der Waals surface area contributed by atoms with E-state index in [0.717, 1.165) is 18.2 Å². The summed E-state index contributed by atoms with van der Waals surface area (Å²) in [4.78, 5) is 4.33. The van der Waals surface area contributed by atoms with Crippen LogP contribution in [-0.4, -0.2) is 19.3 Å². The molecule has 0 spiro atoms. The number of nitrogens with one attached hydrogen (secondary N) is 1. The first-order valence-electron chi connectivity index (χ1n) is 6.38. The van der Waals surface area contributed by atoms with E-state index in [1.54, 1.807) is 0 Å². The lowest BCUT2D eigenvalue weighted by Crippen LogP contribution is -2.07. The SMILES string of the molecule is CC(C)Cn1ccnc1Nc1cnn(C(C)C)c1. The minimum Gasteiger partial charge on any atom is -0.323 e. The van der Waals surface area contributed by atoms with Gasteiger partial charge in [0.15, 0.2) is 0 Å². The molecule has 18 heavy (non-hydrogen) atoms. The van der Waals surface area contributed by atoms with E-state index in [0.29, 0.717) is 12.0 Å². The van der Waals surface area contributed by atoms with Crippen LogP contribution in [0.25, 0.3) is 0 Å². The lowest BCUT2D eigenvalue weighted by molar-refractivity contribution is 0.527. The van der Waals surface area contributed by atoms with E-state index in [4.69, 9.17) is 0 Å². The van der Waals surface area contributed by atoms with Gasteiger partial charge < -0.3 is 9.88 Å². The van der Waals surface area contributed by atoms with Crippen LogP contribution in [0, 0.1) is 5.92 Å². The molecule has 0 saturated carbocycles. The highest BCUT2D eigenvalue weighted by Crippen LogP contribution is 2.16. The Morgan fingerprint density at radius 2 is 2.06 bits per heavy atom. The first-order valence-corrected chi connectivity index (χ1v) is 6.38. The normalized spacial score (nSPS) is 11.4. The molecule has 0 aliphatic rings. The van der Waals surface area contributed by atoms with Crippen molar-refractivity contribution in [2.75, 3.05) is 5.32 Å². The minimum atomic E-state index is 0.371. The molecule has 1 N–H and O–H groups in total. The van der Waals surface area contributed by atoms with Crippen molar-refractivity contribution in [1.29, 1.82) is 0 Å². The van der Waals surface area contributed by atoms with Crippen molar-refractivity contribution < 1.29 is 0 Å². The van der Waals surface area contributed by atoms with Gasteiger partial charge in [0.25, 0.3) is 0 Å². The fourth-order valence-corrected chi connectivity index (χ4v) is 1.79. The van der Waals surface area contributed by atoms with E-state index >= 15 is 0 Å². The van der Waals surface area contributed by atoms with E-state index in [2.05, 4.69) is 47.7 Å². The Bertz CT molecular complexity index is 495. The van der Waals surface area contributed by atoms with Crippen molar-refractivity contribution in [2.45, 2.75) is 40.3 Å². The van der Waals surface area contributed by atoms with Gasteiger partial charge in [-0.1, -0.05) is 13.8 Å². The zero-order valence-corrected chi connectivity index (χ0v) is 11.5. The van der Waals surface area contributed by atoms with E-state index in [9.17, 15) is 0 Å². The third kappa shape index (κ3) is 2.91. The molecule has 0 atom stereocenters. The van der Waals surface area contributed by atoms with Gasteiger partial charge in [-0.15, -0.1) is 0 Å². The third-order valence-corrected chi connectivity index (χ3v) is 2.66. The van der Waals surface area contributed by atoms with Crippen LogP contribution < -0.4 is 5.32 Å². The van der Waals surface area contributed by atoms with Gasteiger partial charge in [0.2, 0.25) is 5.95 Å². The molecule has 0 radical (unpaired) electrons. The molecule has 98 valence electrons. The van der Waals surface area contributed by atoms with Crippen LogP contribution in [0.2, 0.25) is 0 Å². The fraction of sp³-hybridized carbons (Fsp3) is 0.538. The average molecular weight is 247 g/mol. The first kappa shape index (κ1) is 12.7. The largest absolute Gasteiger partial charge is 0.323 e. The van der Waals surface area contributed by atoms with Crippen molar-refractivity contribution >= 4 is 11.6 Å². The topological polar surface area (TPSA) is 47.7 Å². The molecule has 0 bridgehead atoms. The van der Waals surface area contributed by atoms with Crippen LogP contribution in [-0.2, 0) is 6.54 Å². The fourth-order valence-electron chi connectivity index (χ4n) is 1.79. The lowest BCUT2D eigenvalue weighted by atomic mass is 10.2. The van der Waals surface area contributed by atoms with Gasteiger partial charge in [0.1, 0.15) is 0 Å². The molecule has 0 saturated heterocycles. The van der Waals surface area contributed by atoms with E-state index < -0.39 is 0 Å². The maximum absolute atomic E-state index is 4.33. The third-order valence-electron chi connectivity index (χ3n) is 2.66. The van der Waals surface area contributed by atoms with Crippen LogP contribution in [0.5, 0.6) is 0 Å². The molecule has 0 aliphatic heterocycles. The van der Waals surface area contributed by atoms with Gasteiger partial charge in [0.05, 0.1) is 11.9 Å². The summed E-state index contributed by atoms with van der Waals surface area (Å²) < 4.78 is 4.05. The van der Waals surface area contributed by atoms with Crippen LogP contribution in [0.15, 0.2) is 24.8 Å². The minimum absolute atomic E-state index is 0.371. The number of hydrogen-bond acceptors (Lipinski definition) is 3. The van der Waals surface area contributed by atoms with Crippen molar-refractivity contribution in [3.05, 3.63) is 24.8 Å². The standard InChI is InChI=1S/C13H21N5/c1-10(2)8-17-6-5-14-13(17)16-12-7-15-18(9-12)11(3)4/h5-7,9-11H,8H2,1-4H3,(H,14,16). The summed E-state index contributed by atoms with van der Waals surface area (Å²) >= 11 is 0. The quantitative estimate of drug-likeness (QED) is 0.883. The summed E-state index contributed by atoms with van der Waals surface area (Å²) in [7, 11) is 0. The predicted molar refractivity (Wildman–Crippen MR) is 73.0 cm³/mol. The molecular formula is C13H21N5. The number of aromatic nitrogens is 4. The van der Waals surface area contributed by atoms with Crippen molar-refractivity contribution in [1.82, 2.24) is 19.3 Å². The molecule has 2 aromatic rings. The molecule has 0 unspecified atom stereocenters. The summed E-state index contributed by atoms with van der Waals surface area (Å²) in [5.41, 5.74) is 0.972. The lowest BCUT2D eigenvalue weighted by Gasteiger charge is -2.10. The van der Waals surface area contributed by atoms with E-state index in [-0.39, 0.29) is 0 Å². The molecular weight excluding hydrogens is 226 g/mol. The Kier molecular flexibility index (Phi) is 3.69. The van der Waals surface area contributed by atoms with Gasteiger partial charge in [-0.25, -0.2) is 4.98 Å². The van der Waals surface area contributed by atoms with Crippen LogP contribution >= 0.6 is 0 Å². The molecule has 5 heteroatoms. The Labute approximate surface area is 108 Å². The average Bonchev–Trinajstić information content (AvgIpc) is 2.89. The second-order valence-corrected chi connectivity index (χ2v) is 5.22. The molecule has 0 fully saturated rings. The molecule has 0 aromatic carbocycles. The van der Waals surface area contributed by atoms with Gasteiger partial charge in [-0.05, 0) is 19.8 Å². The Morgan fingerprint density at radius 3 is 2.67 bits per heavy atom. The zero-order chi connectivity index (χ0) is 13.1. The molecule has 0 aliphatic carbocycles. The predicted octanol–water partition coefficient (Wildman–Crippen LogP) is 3.06. The second kappa shape index (κ2) is 5.25. The van der Waals surface area contributed by atoms with Gasteiger partial charge in [0, 0.05) is 31.2 Å². The highest BCUT2D eigenvalue weighted by atomic mass is 15.3. The van der Waals surface area contributed by atoms with E-state index in [1.807, 2.05) is 29.5 Å². The summed E-state index contributed by atoms with van der Waals surface area (Å²) in [5, 5.41) is 7.61. The highest BCUT2D eigenvalue weighted by Gasteiger charge is 2.07. The van der Waals surface area contributed by atoms with Gasteiger partial charge in [-0.2, -0.15) is 5.10 Å². The molecule has 2 rings (SSSR count). The van der Waals surface area contributed by atoms with Crippen LogP contribution in [0.4, 0.5) is 11.6 Å². The summed E-state index contributed by atoms with van der Waals surface area (Å²) in [5.74, 6) is 1.46. The number of nitrogens with zero attached hydrogens (tertiary/aromatic N) is 4. The molecule has 5 nitrogen and oxygen atoms in total. The number of anilines is 2. The maximum atomic E-state index is 4.33. The second-order valence-electron chi connectivity index (χ2n) is 5.22. The van der Waals surface area contributed by atoms with E-state index in [1.165, 1.54) is 0 Å². The highest BCUT2D eigenvalue weighted by molar-refractivity contribution is 5.50. The van der Waals surface area contributed by atoms with Crippen LogP contribution in [0.3, 0.4) is 0 Å². The number of rotatable bonds is 5. The van der Waals surface area contributed by atoms with Gasteiger partial charge in [-0.3, -0.25) is 4.68 Å². The molecule has 2 heterocycles. The van der Waals surface area contributed by atoms with Gasteiger partial charge >= 0.3 is 0 Å². The van der Waals surface area contributed by atoms with Crippen molar-refractivity contribution in [3.8, 4) is 0 Å². The smallest absolute Gasteiger partial charge is 0.207 e. The zero-order valence-electron chi connectivity index (χ0n) is 11.5. The molecule has 2 aromatic heterocycles. The Hall–Kier alpha value is -1.78. The maximum Gasteiger partial charge on any atom is 0.207 e. The summed E-state index contributed by atoms with van der Waals surface area (Å²) in [6.07, 6.45) is 7.64. The van der Waals surface area contributed by atoms with Crippen LogP contribution in [0.1, 0.15) is 33.7 Å². The number of imidazole rings is 1. The summed E-state index contributed by atoms with van der Waals surface area (Å²) in [6, 6.07) is 0.371.